The molecule has 0 saturated heterocycles. The van der Waals surface area contributed by atoms with Gasteiger partial charge in [-0.3, -0.25) is 9.59 Å². The highest BCUT2D eigenvalue weighted by atomic mass is 16.2. The summed E-state index contributed by atoms with van der Waals surface area (Å²) in [6.45, 7) is 8.94. The van der Waals surface area contributed by atoms with Crippen LogP contribution in [0.1, 0.15) is 47.0 Å². The van der Waals surface area contributed by atoms with E-state index in [0.717, 1.165) is 12.8 Å². The first-order valence-corrected chi connectivity index (χ1v) is 7.91. The third-order valence-electron chi connectivity index (χ3n) is 4.07. The summed E-state index contributed by atoms with van der Waals surface area (Å²) >= 11 is 0. The van der Waals surface area contributed by atoms with E-state index in [9.17, 15) is 9.59 Å². The van der Waals surface area contributed by atoms with Gasteiger partial charge in [0.1, 0.15) is 0 Å². The Morgan fingerprint density at radius 2 is 1.19 bits per heavy atom. The average Bonchev–Trinajstić information content (AvgIpc) is 2.50. The first-order valence-electron chi connectivity index (χ1n) is 7.91. The Morgan fingerprint density at radius 1 is 0.857 bits per heavy atom. The molecule has 0 aliphatic rings. The van der Waals surface area contributed by atoms with E-state index < -0.39 is 12.1 Å². The number of nitrogens with one attached hydrogen (secondary N) is 2. The van der Waals surface area contributed by atoms with Crippen molar-refractivity contribution >= 4 is 11.8 Å². The van der Waals surface area contributed by atoms with Crippen molar-refractivity contribution in [3.05, 3.63) is 0 Å². The Bertz CT molecular complexity index is 293. The minimum absolute atomic E-state index is 0.132. The molecule has 0 bridgehead atoms. The number of hydrogen-bond donors (Lipinski definition) is 4. The minimum atomic E-state index is -0.469. The van der Waals surface area contributed by atoms with Gasteiger partial charge in [-0.15, -0.1) is 0 Å². The number of nitrogens with two attached hydrogens (primary N) is 2. The molecule has 2 amide bonds. The van der Waals surface area contributed by atoms with Crippen LogP contribution >= 0.6 is 0 Å². The second-order valence-corrected chi connectivity index (χ2v) is 5.76. The fraction of sp³-hybridized carbons (Fsp3) is 0.867. The Balaban J connectivity index is 3.82. The molecular weight excluding hydrogens is 268 g/mol. The smallest absolute Gasteiger partial charge is 0.237 e. The summed E-state index contributed by atoms with van der Waals surface area (Å²) in [4.78, 5) is 23.5. The zero-order valence-corrected chi connectivity index (χ0v) is 13.8. The van der Waals surface area contributed by atoms with E-state index in [1.807, 2.05) is 27.7 Å². The minimum Gasteiger partial charge on any atom is -0.355 e. The molecule has 4 atom stereocenters. The van der Waals surface area contributed by atoms with Crippen LogP contribution in [0.2, 0.25) is 0 Å². The van der Waals surface area contributed by atoms with Gasteiger partial charge in [-0.05, 0) is 18.3 Å². The lowest BCUT2D eigenvalue weighted by Gasteiger charge is -2.19. The summed E-state index contributed by atoms with van der Waals surface area (Å²) in [5.41, 5.74) is 11.6. The maximum atomic E-state index is 11.7. The molecule has 124 valence electrons. The molecule has 0 aliphatic carbocycles. The predicted molar refractivity (Wildman–Crippen MR) is 85.5 cm³/mol. The summed E-state index contributed by atoms with van der Waals surface area (Å²) in [7, 11) is 0. The SMILES string of the molecule is CC[C@H](C)[C@H](N)C(=O)NCCCNC(=O)[C@@H](N)[C@@H](C)CC. The highest BCUT2D eigenvalue weighted by Crippen LogP contribution is 2.05. The summed E-state index contributed by atoms with van der Waals surface area (Å²) in [5.74, 6) is 0.0652. The van der Waals surface area contributed by atoms with Crippen LogP contribution in [0.25, 0.3) is 0 Å². The summed E-state index contributed by atoms with van der Waals surface area (Å²) in [6.07, 6.45) is 2.41. The topological polar surface area (TPSA) is 110 Å². The van der Waals surface area contributed by atoms with Gasteiger partial charge in [0.25, 0.3) is 0 Å². The monoisotopic (exact) mass is 300 g/mol. The van der Waals surface area contributed by atoms with E-state index >= 15 is 0 Å². The van der Waals surface area contributed by atoms with Crippen LogP contribution in [0, 0.1) is 11.8 Å². The standard InChI is InChI=1S/C15H32N4O2/c1-5-10(3)12(16)14(20)18-8-7-9-19-15(21)13(17)11(4)6-2/h10-13H,5-9,16-17H2,1-4H3,(H,18,20)(H,19,21)/t10-,11-,12-,13-/m0/s1. The van der Waals surface area contributed by atoms with Crippen molar-refractivity contribution in [2.75, 3.05) is 13.1 Å². The van der Waals surface area contributed by atoms with Gasteiger partial charge in [0, 0.05) is 13.1 Å². The van der Waals surface area contributed by atoms with Gasteiger partial charge in [0.2, 0.25) is 11.8 Å². The first-order chi connectivity index (χ1) is 9.84. The molecule has 0 aromatic carbocycles. The molecule has 0 spiro atoms. The number of amides is 2. The van der Waals surface area contributed by atoms with E-state index in [1.54, 1.807) is 0 Å². The molecule has 21 heavy (non-hydrogen) atoms. The van der Waals surface area contributed by atoms with E-state index in [1.165, 1.54) is 0 Å². The number of carbonyl (C=O) groups is 2. The molecule has 0 unspecified atom stereocenters. The lowest BCUT2D eigenvalue weighted by Crippen LogP contribution is -2.46. The van der Waals surface area contributed by atoms with Crippen LogP contribution in [-0.2, 0) is 9.59 Å². The molecule has 0 aromatic rings. The van der Waals surface area contributed by atoms with Gasteiger partial charge in [0.05, 0.1) is 12.1 Å². The molecule has 0 saturated carbocycles. The van der Waals surface area contributed by atoms with Crippen LogP contribution in [0.5, 0.6) is 0 Å². The van der Waals surface area contributed by atoms with E-state index in [-0.39, 0.29) is 23.7 Å². The largest absolute Gasteiger partial charge is 0.355 e. The van der Waals surface area contributed by atoms with Crippen molar-refractivity contribution in [3.8, 4) is 0 Å². The van der Waals surface area contributed by atoms with Crippen LogP contribution in [0.4, 0.5) is 0 Å². The van der Waals surface area contributed by atoms with Gasteiger partial charge in [-0.1, -0.05) is 40.5 Å². The van der Waals surface area contributed by atoms with Crippen molar-refractivity contribution in [1.82, 2.24) is 10.6 Å². The van der Waals surface area contributed by atoms with Crippen LogP contribution in [-0.4, -0.2) is 37.0 Å². The van der Waals surface area contributed by atoms with Crippen LogP contribution < -0.4 is 22.1 Å². The Morgan fingerprint density at radius 3 is 1.48 bits per heavy atom. The molecule has 6 N–H and O–H groups in total. The second kappa shape index (κ2) is 10.6. The molecular formula is C15H32N4O2. The third kappa shape index (κ3) is 7.43. The first kappa shape index (κ1) is 19.9. The molecule has 0 rings (SSSR count). The number of carbonyl (C=O) groups excluding carboxylic acids is 2. The maximum absolute atomic E-state index is 11.7. The predicted octanol–water partition coefficient (Wildman–Crippen LogP) is 0.356. The third-order valence-corrected chi connectivity index (χ3v) is 4.07. The van der Waals surface area contributed by atoms with Gasteiger partial charge < -0.3 is 22.1 Å². The van der Waals surface area contributed by atoms with Crippen molar-refractivity contribution in [2.45, 2.75) is 59.0 Å². The molecule has 0 fully saturated rings. The number of hydrogen-bond acceptors (Lipinski definition) is 4. The van der Waals surface area contributed by atoms with E-state index in [0.29, 0.717) is 19.5 Å². The summed E-state index contributed by atoms with van der Waals surface area (Å²) in [5, 5.41) is 5.58. The van der Waals surface area contributed by atoms with Crippen molar-refractivity contribution in [1.29, 1.82) is 0 Å². The van der Waals surface area contributed by atoms with E-state index in [4.69, 9.17) is 11.5 Å². The van der Waals surface area contributed by atoms with Crippen LogP contribution in [0.3, 0.4) is 0 Å². The maximum Gasteiger partial charge on any atom is 0.237 e. The molecule has 0 aromatic heterocycles. The van der Waals surface area contributed by atoms with Crippen molar-refractivity contribution in [3.63, 3.8) is 0 Å². The molecule has 6 heteroatoms. The Hall–Kier alpha value is -1.14. The zero-order valence-electron chi connectivity index (χ0n) is 13.8. The van der Waals surface area contributed by atoms with Gasteiger partial charge in [-0.25, -0.2) is 0 Å². The van der Waals surface area contributed by atoms with Gasteiger partial charge in [0.15, 0.2) is 0 Å². The molecule has 0 aliphatic heterocycles. The second-order valence-electron chi connectivity index (χ2n) is 5.76. The normalized spacial score (nSPS) is 16.7. The highest BCUT2D eigenvalue weighted by molar-refractivity contribution is 5.82. The summed E-state index contributed by atoms with van der Waals surface area (Å²) in [6, 6.07) is -0.938. The quantitative estimate of drug-likeness (QED) is 0.436. The Kier molecular flexibility index (Phi) is 9.99. The van der Waals surface area contributed by atoms with Gasteiger partial charge in [-0.2, -0.15) is 0 Å². The van der Waals surface area contributed by atoms with Crippen molar-refractivity contribution < 1.29 is 9.59 Å². The summed E-state index contributed by atoms with van der Waals surface area (Å²) < 4.78 is 0. The lowest BCUT2D eigenvalue weighted by molar-refractivity contribution is -0.123. The zero-order chi connectivity index (χ0) is 16.4. The van der Waals surface area contributed by atoms with Gasteiger partial charge >= 0.3 is 0 Å². The molecule has 0 radical (unpaired) electrons. The lowest BCUT2D eigenvalue weighted by atomic mass is 9.99. The number of rotatable bonds is 10. The molecule has 0 heterocycles. The average molecular weight is 300 g/mol. The fourth-order valence-electron chi connectivity index (χ4n) is 1.77. The molecule has 6 nitrogen and oxygen atoms in total. The van der Waals surface area contributed by atoms with Crippen LogP contribution in [0.15, 0.2) is 0 Å². The highest BCUT2D eigenvalue weighted by Gasteiger charge is 2.19. The Labute approximate surface area is 128 Å². The fourth-order valence-corrected chi connectivity index (χ4v) is 1.77. The van der Waals surface area contributed by atoms with Crippen molar-refractivity contribution in [2.24, 2.45) is 23.3 Å². The van der Waals surface area contributed by atoms with E-state index in [2.05, 4.69) is 10.6 Å².